The lowest BCUT2D eigenvalue weighted by atomic mass is 9.46. The molecule has 0 radical (unpaired) electrons. The van der Waals surface area contributed by atoms with Crippen LogP contribution in [-0.2, 0) is 47.9 Å². The van der Waals surface area contributed by atoms with Crippen molar-refractivity contribution in [2.75, 3.05) is 7.11 Å². The highest BCUT2D eigenvalue weighted by Crippen LogP contribution is 2.73. The van der Waals surface area contributed by atoms with E-state index in [0.29, 0.717) is 26.7 Å². The number of halogens is 12. The number of rotatable bonds is 23. The van der Waals surface area contributed by atoms with Crippen LogP contribution < -0.4 is 0 Å². The first-order chi connectivity index (χ1) is 65.0. The number of carboxylic acids is 8. The van der Waals surface area contributed by atoms with Crippen LogP contribution in [0, 0.1) is 121 Å². The Morgan fingerprint density at radius 2 is 0.811 bits per heavy atom. The minimum Gasteiger partial charge on any atom is -0.481 e. The first kappa shape index (κ1) is 78.6. The lowest BCUT2D eigenvalue weighted by Gasteiger charge is -2.57. The molecule has 30 heteroatoms. The molecule has 0 aromatic carbocycles. The van der Waals surface area contributed by atoms with Crippen LogP contribution in [0.4, 0.5) is 52.7 Å². The van der Waals surface area contributed by atoms with Gasteiger partial charge in [0.25, 0.3) is 0 Å². The van der Waals surface area contributed by atoms with Crippen LogP contribution in [0.1, 0.15) is 422 Å². The molecule has 0 aromatic rings. The number of aliphatic carboxylic acids is 8. The van der Waals surface area contributed by atoms with Gasteiger partial charge >= 0.3 is 78.4 Å². The molecule has 728 valence electrons. The fraction of sp³-hybridized carbons (Fsp3) is 0.902. The molecule has 0 saturated heterocycles. The fourth-order valence-electron chi connectivity index (χ4n) is 12.3. The van der Waals surface area contributed by atoms with Gasteiger partial charge in [0.2, 0.25) is 0 Å². The Labute approximate surface area is 768 Å². The van der Waals surface area contributed by atoms with E-state index in [4.69, 9.17) is 78.2 Å². The van der Waals surface area contributed by atoms with Crippen molar-refractivity contribution in [2.24, 2.45) is 121 Å². The zero-order chi connectivity index (χ0) is 127. The number of carbonyl (C=O) groups is 9. The highest BCUT2D eigenvalue weighted by atomic mass is 19.4. The van der Waals surface area contributed by atoms with Gasteiger partial charge < -0.3 is 45.6 Å². The number of methoxy groups -OCH3 is 1. The first-order valence-corrected chi connectivity index (χ1v) is 38.7. The lowest BCUT2D eigenvalue weighted by molar-refractivity contribution is -0.350. The van der Waals surface area contributed by atoms with Gasteiger partial charge in [0, 0.05) is 61.7 Å². The zero-order valence-corrected chi connectivity index (χ0v) is 78.1. The molecule has 18 nitrogen and oxygen atoms in total. The number of carboxylic acid groups (broad SMARTS) is 8. The van der Waals surface area contributed by atoms with Crippen LogP contribution >= 0.6 is 0 Å². The van der Waals surface area contributed by atoms with Crippen molar-refractivity contribution in [3.8, 4) is 0 Å². The molecule has 0 aromatic heterocycles. The molecule has 11 atom stereocenters. The van der Waals surface area contributed by atoms with Crippen molar-refractivity contribution in [1.29, 1.82) is 0 Å². The molecule has 0 spiro atoms. The number of carbonyl (C=O) groups excluding carboxylic acids is 1. The van der Waals surface area contributed by atoms with E-state index in [1.807, 2.05) is 41.5 Å². The average molecular weight is 1820 g/mol. The van der Waals surface area contributed by atoms with Gasteiger partial charge in [-0.25, -0.2) is 0 Å². The summed E-state index contributed by atoms with van der Waals surface area (Å²) in [6.07, 6.45) is -32.8. The maximum Gasteiger partial charge on any atom is 0.405 e. The average Bonchev–Trinajstić information content (AvgIpc) is 1.65. The Morgan fingerprint density at radius 1 is 0.418 bits per heavy atom. The van der Waals surface area contributed by atoms with Crippen molar-refractivity contribution < 1.29 is 184 Å². The number of esters is 1. The van der Waals surface area contributed by atoms with E-state index in [1.165, 1.54) is 41.7 Å². The largest absolute Gasteiger partial charge is 0.481 e. The van der Waals surface area contributed by atoms with Crippen LogP contribution in [0.15, 0.2) is 0 Å². The summed E-state index contributed by atoms with van der Waals surface area (Å²) >= 11 is 0. The van der Waals surface area contributed by atoms with Crippen LogP contribution in [0.2, 0.25) is 0 Å². The summed E-state index contributed by atoms with van der Waals surface area (Å²) in [5.74, 6) is -17.7. The van der Waals surface area contributed by atoms with E-state index in [0.717, 1.165) is 34.6 Å². The van der Waals surface area contributed by atoms with Crippen LogP contribution in [-0.4, -0.2) is 126 Å². The molecule has 0 bridgehead atoms. The van der Waals surface area contributed by atoms with E-state index in [1.54, 1.807) is 104 Å². The second-order valence-electron chi connectivity index (χ2n) is 42.7. The van der Waals surface area contributed by atoms with E-state index < -0.39 is 281 Å². The van der Waals surface area contributed by atoms with Gasteiger partial charge in [-0.15, -0.1) is 0 Å². The van der Waals surface area contributed by atoms with Gasteiger partial charge in [-0.3, -0.25) is 43.2 Å². The Balaban J connectivity index is -0.000000315. The molecule has 8 N–H and O–H groups in total. The molecular weight excluding hydrogens is 1620 g/mol. The van der Waals surface area contributed by atoms with Crippen LogP contribution in [0.25, 0.3) is 0 Å². The summed E-state index contributed by atoms with van der Waals surface area (Å²) in [6.45, 7) is 28.4. The van der Waals surface area contributed by atoms with Crippen molar-refractivity contribution in [1.82, 2.24) is 0 Å². The monoisotopic (exact) mass is 1820 g/mol. The maximum absolute atomic E-state index is 13.2. The molecule has 0 aliphatic heterocycles. The Morgan fingerprint density at radius 3 is 1.03 bits per heavy atom. The molecule has 11 unspecified atom stereocenters. The Hall–Kier alpha value is -5.61. The topological polar surface area (TPSA) is 325 Å². The minimum atomic E-state index is -5.55. The highest BCUT2D eigenvalue weighted by Gasteiger charge is 2.79. The zero-order valence-electron chi connectivity index (χ0n) is 109. The first-order valence-electron chi connectivity index (χ1n) is 54.2. The SMILES string of the molecule is CC(C)(C)C(C)(C(F)(F)F)C(C)(C(=O)O)C(F)(F)F.CC(C)(C)C1CC(C(=O)O)C1(C)C(F)(F)F.COC(=O)CC1C(C(C)(C)C)C1(C)C(F)(F)F.[2H]C([2H])(CC(C)(C)C)C([2H])([2H])C(=O)O.[2H]C([2H])(CCC(C)(C)C)C(=O)O.[2H]C([2H])([2H])C(C)(C(=O)O)C(CC(C)(C)C)(C([2H])([2H])[2H])C([2H])([2H])[2H].[2H]C([2H])([2H])C(C)(C(=O)O)C([2H])([2H])CC(C)(C)C.[2H]C([2H])([2H])C(C)(CCC(C)(C)C)C(=O)O.[2H]C([2H])([2H])C(CC(C)(C)C)(C([2H])([2H])[2H])C([2H])([2H])C(=O)O. The summed E-state index contributed by atoms with van der Waals surface area (Å²) < 4.78 is 394. The number of ether oxygens (including phenoxy) is 1. The van der Waals surface area contributed by atoms with Gasteiger partial charge in [-0.1, -0.05) is 221 Å². The lowest BCUT2D eigenvalue weighted by Crippen LogP contribution is -2.65. The Kier molecular flexibility index (Phi) is 29.6. The minimum absolute atomic E-state index is 0.0111. The van der Waals surface area contributed by atoms with E-state index in [-0.39, 0.29) is 56.3 Å². The number of hydrogen-bond donors (Lipinski definition) is 8. The second-order valence-corrected chi connectivity index (χ2v) is 42.7. The van der Waals surface area contributed by atoms with Gasteiger partial charge in [0.05, 0.1) is 51.9 Å². The van der Waals surface area contributed by atoms with Crippen molar-refractivity contribution >= 4 is 53.7 Å². The smallest absolute Gasteiger partial charge is 0.405 e. The van der Waals surface area contributed by atoms with Gasteiger partial charge in [-0.2, -0.15) is 52.7 Å². The predicted octanol–water partition coefficient (Wildman–Crippen LogP) is 27.9. The van der Waals surface area contributed by atoms with Crippen molar-refractivity contribution in [3.63, 3.8) is 0 Å². The van der Waals surface area contributed by atoms with Gasteiger partial charge in [0.15, 0.2) is 5.41 Å². The predicted molar refractivity (Wildman–Crippen MR) is 457 cm³/mol. The molecule has 0 heterocycles. The standard InChI is InChI=1S/C12H19F3O2.C12H24O2.C11H16F6O2.C11H17F3O2.3C10H20O2.2C8H16O2/c1-10(2,3)9-7(6-8(16)17-5)11(9,4)12(13,14)15;1-10(2,3)8-11(4,5)12(6,7)9(13)14;1-7(2,3)9(5,11(15,16)17)8(4,6(18)19)10(12,13)14;1-9(2,3)7-5-6(8(15)16)10(7,4)11(12,13)14;1-9(2,3)7-10(4,5)6-8(11)12;2*1-9(2,3)6-7-10(4,5)8(11)12;2*1-8(2,3)6-4-5-7(9)10/h7,9H,6H2,1-5H3;8H2,1-7H3,(H,13,14);1-5H3,(H,18,19);6-7H,5H2,1-4H3,(H,15,16);3*6-7H2,1-5H3,(H,11,12);2*4-6H2,1-3H3,(H,9,10)/i;4D3,5D3,6D3;;;4D3,5D3,6D2;4D3,7D2;4D3;4D2,5D2;5D2. The quantitative estimate of drug-likeness (QED) is 0.0348. The van der Waals surface area contributed by atoms with Gasteiger partial charge in [-0.05, 0) is 210 Å². The van der Waals surface area contributed by atoms with Gasteiger partial charge in [0.1, 0.15) is 0 Å². The van der Waals surface area contributed by atoms with E-state index in [2.05, 4.69) is 4.74 Å². The van der Waals surface area contributed by atoms with E-state index >= 15 is 0 Å². The molecule has 2 fully saturated rings. The second kappa shape index (κ2) is 45.9. The summed E-state index contributed by atoms with van der Waals surface area (Å²) in [5.41, 5.74) is -30.0. The normalized spacial score (nSPS) is 26.2. The fourth-order valence-corrected chi connectivity index (χ4v) is 12.3. The third-order valence-electron chi connectivity index (χ3n) is 20.2. The summed E-state index contributed by atoms with van der Waals surface area (Å²) in [5, 5.41) is 71.3. The summed E-state index contributed by atoms with van der Waals surface area (Å²) in [6, 6.07) is 0. The summed E-state index contributed by atoms with van der Waals surface area (Å²) in [7, 11) is 1.20. The Bertz CT molecular complexity index is 4520. The molecule has 2 aliphatic carbocycles. The molecule has 2 saturated carbocycles. The number of alkyl halides is 12. The van der Waals surface area contributed by atoms with Crippen LogP contribution in [0.5, 0.6) is 0 Å². The van der Waals surface area contributed by atoms with Crippen molar-refractivity contribution in [2.45, 2.75) is 404 Å². The molecule has 122 heavy (non-hydrogen) atoms. The van der Waals surface area contributed by atoms with Crippen LogP contribution in [0.3, 0.4) is 0 Å². The summed E-state index contributed by atoms with van der Waals surface area (Å²) in [4.78, 5) is 99.1. The molecular formula is C92H168F12O18. The molecule has 2 rings (SSSR count). The van der Waals surface area contributed by atoms with E-state index in [9.17, 15) is 101 Å². The van der Waals surface area contributed by atoms with Crippen molar-refractivity contribution in [3.05, 3.63) is 0 Å². The third-order valence-corrected chi connectivity index (χ3v) is 20.2. The number of hydrogen-bond acceptors (Lipinski definition) is 10. The molecule has 2 aliphatic rings. The maximum atomic E-state index is 13.2. The highest BCUT2D eigenvalue weighted by molar-refractivity contribution is 5.77. The third kappa shape index (κ3) is 46.2. The molecule has 0 amide bonds.